The third-order valence-corrected chi connectivity index (χ3v) is 6.18. The van der Waals surface area contributed by atoms with Crippen LogP contribution in [0.2, 0.25) is 0 Å². The molecule has 0 aliphatic heterocycles. The Bertz CT molecular complexity index is 1130. The molecule has 2 aromatic rings. The van der Waals surface area contributed by atoms with Gasteiger partial charge in [0.1, 0.15) is 0 Å². The molecule has 0 aromatic heterocycles. The highest BCUT2D eigenvalue weighted by atomic mass is 32.2. The van der Waals surface area contributed by atoms with Gasteiger partial charge in [-0.05, 0) is 37.5 Å². The summed E-state index contributed by atoms with van der Waals surface area (Å²) in [6, 6.07) is 8.48. The average molecular weight is 479 g/mol. The molecule has 1 N–H and O–H groups in total. The number of esters is 1. The van der Waals surface area contributed by atoms with Crippen molar-refractivity contribution in [3.63, 3.8) is 0 Å². The van der Waals surface area contributed by atoms with E-state index in [4.69, 9.17) is 14.2 Å². The zero-order valence-electron chi connectivity index (χ0n) is 19.7. The molecular weight excluding hydrogens is 448 g/mol. The molecule has 0 fully saturated rings. The summed E-state index contributed by atoms with van der Waals surface area (Å²) in [5, 5.41) is 2.68. The van der Waals surface area contributed by atoms with Gasteiger partial charge in [-0.15, -0.1) is 0 Å². The van der Waals surface area contributed by atoms with E-state index in [0.717, 1.165) is 17.4 Å². The van der Waals surface area contributed by atoms with Crippen molar-refractivity contribution in [2.24, 2.45) is 0 Å². The Hall–Kier alpha value is -3.27. The van der Waals surface area contributed by atoms with Gasteiger partial charge < -0.3 is 19.5 Å². The third kappa shape index (κ3) is 6.61. The first-order valence-corrected chi connectivity index (χ1v) is 12.1. The molecule has 0 saturated carbocycles. The number of amides is 1. The van der Waals surface area contributed by atoms with E-state index in [-0.39, 0.29) is 36.5 Å². The summed E-state index contributed by atoms with van der Waals surface area (Å²) in [4.78, 5) is 24.8. The summed E-state index contributed by atoms with van der Waals surface area (Å²) in [6.45, 7) is 3.86. The van der Waals surface area contributed by atoms with Crippen LogP contribution in [0.1, 0.15) is 34.3 Å². The minimum Gasteiger partial charge on any atom is -0.493 e. The van der Waals surface area contributed by atoms with Crippen LogP contribution in [0.15, 0.2) is 30.3 Å². The fraction of sp³-hybridized carbons (Fsp3) is 0.391. The Morgan fingerprint density at radius 3 is 2.21 bits per heavy atom. The molecule has 2 aromatic carbocycles. The van der Waals surface area contributed by atoms with Gasteiger partial charge in [-0.2, -0.15) is 0 Å². The Balaban J connectivity index is 2.17. The van der Waals surface area contributed by atoms with Crippen molar-refractivity contribution >= 4 is 33.3 Å². The van der Waals surface area contributed by atoms with Crippen molar-refractivity contribution in [2.75, 3.05) is 43.8 Å². The number of methoxy groups -OCH3 is 3. The van der Waals surface area contributed by atoms with Gasteiger partial charge in [-0.3, -0.25) is 9.10 Å². The van der Waals surface area contributed by atoms with Crippen LogP contribution in [-0.4, -0.2) is 54.4 Å². The van der Waals surface area contributed by atoms with Crippen molar-refractivity contribution in [3.05, 3.63) is 47.0 Å². The number of anilines is 2. The predicted octanol–water partition coefficient (Wildman–Crippen LogP) is 3.29. The monoisotopic (exact) mass is 478 g/mol. The second-order valence-electron chi connectivity index (χ2n) is 7.52. The Kier molecular flexibility index (Phi) is 8.69. The predicted molar refractivity (Wildman–Crippen MR) is 127 cm³/mol. The molecule has 1 amide bonds. The topological polar surface area (TPSA) is 111 Å². The van der Waals surface area contributed by atoms with Crippen molar-refractivity contribution in [1.82, 2.24) is 0 Å². The summed E-state index contributed by atoms with van der Waals surface area (Å²) < 4.78 is 41.3. The van der Waals surface area contributed by atoms with E-state index in [0.29, 0.717) is 17.2 Å². The zero-order valence-corrected chi connectivity index (χ0v) is 20.5. The van der Waals surface area contributed by atoms with Gasteiger partial charge >= 0.3 is 5.97 Å². The van der Waals surface area contributed by atoms with Gasteiger partial charge in [0, 0.05) is 25.1 Å². The van der Waals surface area contributed by atoms with Crippen LogP contribution in [-0.2, 0) is 19.6 Å². The van der Waals surface area contributed by atoms with Crippen LogP contribution in [0.4, 0.5) is 11.4 Å². The number of hydrogen-bond acceptors (Lipinski definition) is 7. The molecule has 0 spiro atoms. The van der Waals surface area contributed by atoms with E-state index < -0.39 is 16.0 Å². The van der Waals surface area contributed by atoms with E-state index in [2.05, 4.69) is 5.32 Å². The first-order valence-electron chi connectivity index (χ1n) is 10.2. The number of nitrogens with one attached hydrogen (secondary N) is 1. The lowest BCUT2D eigenvalue weighted by molar-refractivity contribution is -0.116. The largest absolute Gasteiger partial charge is 0.493 e. The molecule has 0 saturated heterocycles. The number of hydrogen-bond donors (Lipinski definition) is 1. The molecule has 0 radical (unpaired) electrons. The smallest absolute Gasteiger partial charge is 0.340 e. The van der Waals surface area contributed by atoms with Gasteiger partial charge in [0.25, 0.3) is 0 Å². The number of aryl methyl sites for hydroxylation is 2. The number of sulfonamides is 1. The summed E-state index contributed by atoms with van der Waals surface area (Å²) >= 11 is 0. The fourth-order valence-electron chi connectivity index (χ4n) is 3.31. The van der Waals surface area contributed by atoms with Gasteiger partial charge in [-0.1, -0.05) is 12.1 Å². The number of carbonyl (C=O) groups is 2. The normalized spacial score (nSPS) is 11.0. The minimum atomic E-state index is -3.54. The fourth-order valence-corrected chi connectivity index (χ4v) is 4.32. The zero-order chi connectivity index (χ0) is 24.8. The minimum absolute atomic E-state index is 0.0336. The first-order chi connectivity index (χ1) is 15.5. The highest BCUT2D eigenvalue weighted by Gasteiger charge is 2.21. The lowest BCUT2D eigenvalue weighted by Gasteiger charge is -2.24. The number of nitrogens with zero attached hydrogens (tertiary/aromatic N) is 1. The van der Waals surface area contributed by atoms with Gasteiger partial charge in [0.15, 0.2) is 11.5 Å². The first kappa shape index (κ1) is 26.0. The highest BCUT2D eigenvalue weighted by Crippen LogP contribution is 2.34. The van der Waals surface area contributed by atoms with Crippen LogP contribution in [0.3, 0.4) is 0 Å². The lowest BCUT2D eigenvalue weighted by atomic mass is 10.1. The van der Waals surface area contributed by atoms with E-state index >= 15 is 0 Å². The maximum atomic E-state index is 12.6. The number of benzene rings is 2. The van der Waals surface area contributed by atoms with Gasteiger partial charge in [0.05, 0.1) is 44.5 Å². The summed E-state index contributed by atoms with van der Waals surface area (Å²) in [6.07, 6.45) is 1.44. The lowest BCUT2D eigenvalue weighted by Crippen LogP contribution is -2.32. The quantitative estimate of drug-likeness (QED) is 0.522. The summed E-state index contributed by atoms with van der Waals surface area (Å²) in [7, 11) is 0.562. The molecule has 33 heavy (non-hydrogen) atoms. The molecule has 9 nitrogen and oxygen atoms in total. The Morgan fingerprint density at radius 2 is 1.64 bits per heavy atom. The van der Waals surface area contributed by atoms with Gasteiger partial charge in [0.2, 0.25) is 15.9 Å². The highest BCUT2D eigenvalue weighted by molar-refractivity contribution is 7.92. The van der Waals surface area contributed by atoms with E-state index in [9.17, 15) is 18.0 Å². The molecular formula is C23H30N2O7S. The van der Waals surface area contributed by atoms with E-state index in [1.54, 1.807) is 0 Å². The standard InChI is InChI=1S/C23H30N2O7S/c1-15-9-10-16(2)19(12-15)25(33(6,28)29)11-7-8-22(26)24-18-14-21(31-4)20(30-3)13-17(18)23(27)32-5/h9-10,12-14H,7-8,11H2,1-6H3,(H,24,26). The maximum absolute atomic E-state index is 12.6. The van der Waals surface area contributed by atoms with Crippen molar-refractivity contribution in [1.29, 1.82) is 0 Å². The molecule has 2 rings (SSSR count). The average Bonchev–Trinajstić information content (AvgIpc) is 2.76. The molecule has 0 atom stereocenters. The molecule has 0 aliphatic rings. The molecule has 0 heterocycles. The second kappa shape index (κ2) is 11.0. The van der Waals surface area contributed by atoms with Crippen LogP contribution in [0, 0.1) is 13.8 Å². The molecule has 0 unspecified atom stereocenters. The Morgan fingerprint density at radius 1 is 1.00 bits per heavy atom. The SMILES string of the molecule is COC(=O)c1cc(OC)c(OC)cc1NC(=O)CCCN(c1cc(C)ccc1C)S(C)(=O)=O. The van der Waals surface area contributed by atoms with Crippen molar-refractivity contribution in [2.45, 2.75) is 26.7 Å². The van der Waals surface area contributed by atoms with Crippen LogP contribution in [0.5, 0.6) is 11.5 Å². The van der Waals surface area contributed by atoms with Gasteiger partial charge in [-0.25, -0.2) is 13.2 Å². The summed E-state index contributed by atoms with van der Waals surface area (Å²) in [5.41, 5.74) is 2.66. The summed E-state index contributed by atoms with van der Waals surface area (Å²) in [5.74, 6) is -0.391. The Labute approximate surface area is 194 Å². The van der Waals surface area contributed by atoms with E-state index in [1.165, 1.54) is 37.8 Å². The number of ether oxygens (including phenoxy) is 3. The molecule has 10 heteroatoms. The third-order valence-electron chi connectivity index (χ3n) is 5.00. The van der Waals surface area contributed by atoms with Crippen molar-refractivity contribution in [3.8, 4) is 11.5 Å². The van der Waals surface area contributed by atoms with Crippen molar-refractivity contribution < 1.29 is 32.2 Å². The molecule has 180 valence electrons. The number of carbonyl (C=O) groups excluding carboxylic acids is 2. The van der Waals surface area contributed by atoms with Crippen LogP contribution < -0.4 is 19.1 Å². The van der Waals surface area contributed by atoms with Crippen LogP contribution in [0.25, 0.3) is 0 Å². The van der Waals surface area contributed by atoms with E-state index in [1.807, 2.05) is 32.0 Å². The molecule has 0 aliphatic carbocycles. The van der Waals surface area contributed by atoms with Crippen LogP contribution >= 0.6 is 0 Å². The maximum Gasteiger partial charge on any atom is 0.340 e. The molecule has 0 bridgehead atoms. The number of rotatable bonds is 10. The second-order valence-corrected chi connectivity index (χ2v) is 9.43.